The minimum Gasteiger partial charge on any atom is -0.381 e. The third-order valence-electron chi connectivity index (χ3n) is 3.85. The third-order valence-corrected chi connectivity index (χ3v) is 4.11. The summed E-state index contributed by atoms with van der Waals surface area (Å²) in [5, 5.41) is 11.5. The zero-order valence-electron chi connectivity index (χ0n) is 11.9. The van der Waals surface area contributed by atoms with Gasteiger partial charge in [-0.3, -0.25) is 5.10 Å². The Morgan fingerprint density at radius 2 is 2.19 bits per heavy atom. The fourth-order valence-corrected chi connectivity index (χ4v) is 2.82. The molecule has 1 aromatic carbocycles. The molecule has 0 bridgehead atoms. The lowest BCUT2D eigenvalue weighted by Gasteiger charge is -2.22. The number of H-pyrrole nitrogens is 1. The standard InChI is InChI=1S/C16H20ClN3O/c17-15-5-3-13(4-6-15)16-14(10-19-20-16)9-18-8-12-2-1-7-21-11-12/h3-6,10,12,18H,1-2,7-9,11H2,(H,19,20)/t12-/m1/s1. The molecule has 112 valence electrons. The van der Waals surface area contributed by atoms with Gasteiger partial charge in [-0.15, -0.1) is 0 Å². The smallest absolute Gasteiger partial charge is 0.0695 e. The highest BCUT2D eigenvalue weighted by Crippen LogP contribution is 2.23. The molecule has 3 rings (SSSR count). The van der Waals surface area contributed by atoms with Crippen LogP contribution in [0.25, 0.3) is 11.3 Å². The Hall–Kier alpha value is -1.36. The van der Waals surface area contributed by atoms with Crippen molar-refractivity contribution in [3.63, 3.8) is 0 Å². The molecule has 2 N–H and O–H groups in total. The topological polar surface area (TPSA) is 49.9 Å². The van der Waals surface area contributed by atoms with Crippen LogP contribution in [0.3, 0.4) is 0 Å². The summed E-state index contributed by atoms with van der Waals surface area (Å²) in [5.74, 6) is 0.629. The van der Waals surface area contributed by atoms with Crippen LogP contribution in [0.5, 0.6) is 0 Å². The van der Waals surface area contributed by atoms with E-state index >= 15 is 0 Å². The normalized spacial score (nSPS) is 18.8. The number of rotatable bonds is 5. The van der Waals surface area contributed by atoms with Gasteiger partial charge in [-0.2, -0.15) is 5.10 Å². The molecule has 2 aromatic rings. The summed E-state index contributed by atoms with van der Waals surface area (Å²) in [7, 11) is 0. The van der Waals surface area contributed by atoms with Gasteiger partial charge in [0.15, 0.2) is 0 Å². The van der Waals surface area contributed by atoms with Crippen molar-refractivity contribution in [2.75, 3.05) is 19.8 Å². The minimum absolute atomic E-state index is 0.629. The molecule has 1 fully saturated rings. The van der Waals surface area contributed by atoms with Gasteiger partial charge in [0, 0.05) is 30.3 Å². The Kier molecular flexibility index (Phi) is 4.91. The highest BCUT2D eigenvalue weighted by Gasteiger charge is 2.14. The Labute approximate surface area is 129 Å². The number of ether oxygens (including phenoxy) is 1. The predicted octanol–water partition coefficient (Wildman–Crippen LogP) is 3.25. The van der Waals surface area contributed by atoms with E-state index in [1.54, 1.807) is 0 Å². The first-order chi connectivity index (χ1) is 10.3. The molecule has 2 heterocycles. The van der Waals surface area contributed by atoms with Crippen LogP contribution in [-0.4, -0.2) is 30.0 Å². The molecule has 0 spiro atoms. The highest BCUT2D eigenvalue weighted by molar-refractivity contribution is 6.30. The number of nitrogens with one attached hydrogen (secondary N) is 2. The molecule has 0 amide bonds. The van der Waals surface area contributed by atoms with E-state index in [4.69, 9.17) is 16.3 Å². The van der Waals surface area contributed by atoms with E-state index in [9.17, 15) is 0 Å². The third kappa shape index (κ3) is 3.84. The second-order valence-electron chi connectivity index (χ2n) is 5.49. The van der Waals surface area contributed by atoms with E-state index in [1.807, 2.05) is 30.5 Å². The summed E-state index contributed by atoms with van der Waals surface area (Å²) >= 11 is 5.93. The van der Waals surface area contributed by atoms with Crippen molar-refractivity contribution in [3.8, 4) is 11.3 Å². The molecule has 1 aliphatic rings. The Balaban J connectivity index is 1.59. The van der Waals surface area contributed by atoms with E-state index in [0.29, 0.717) is 5.92 Å². The second kappa shape index (κ2) is 7.07. The Bertz CT molecular complexity index is 561. The second-order valence-corrected chi connectivity index (χ2v) is 5.93. The first-order valence-corrected chi connectivity index (χ1v) is 7.77. The summed E-state index contributed by atoms with van der Waals surface area (Å²) < 4.78 is 5.50. The van der Waals surface area contributed by atoms with Gasteiger partial charge in [-0.1, -0.05) is 23.7 Å². The number of nitrogens with zero attached hydrogens (tertiary/aromatic N) is 1. The molecule has 1 saturated heterocycles. The molecule has 1 aliphatic heterocycles. The van der Waals surface area contributed by atoms with Gasteiger partial charge in [0.2, 0.25) is 0 Å². The summed E-state index contributed by atoms with van der Waals surface area (Å²) in [4.78, 5) is 0. The number of halogens is 1. The van der Waals surface area contributed by atoms with E-state index in [2.05, 4.69) is 15.5 Å². The van der Waals surface area contributed by atoms with Crippen LogP contribution in [0.2, 0.25) is 5.02 Å². The molecule has 0 unspecified atom stereocenters. The molecule has 4 nitrogen and oxygen atoms in total. The van der Waals surface area contributed by atoms with Gasteiger partial charge in [-0.05, 0) is 36.5 Å². The zero-order valence-corrected chi connectivity index (χ0v) is 12.7. The molecule has 1 atom stereocenters. The number of benzene rings is 1. The minimum atomic E-state index is 0.629. The van der Waals surface area contributed by atoms with Crippen molar-refractivity contribution in [3.05, 3.63) is 41.0 Å². The average molecular weight is 306 g/mol. The van der Waals surface area contributed by atoms with Gasteiger partial charge in [0.1, 0.15) is 0 Å². The lowest BCUT2D eigenvalue weighted by Crippen LogP contribution is -2.28. The summed E-state index contributed by atoms with van der Waals surface area (Å²) in [6.07, 6.45) is 4.31. The first kappa shape index (κ1) is 14.6. The van der Waals surface area contributed by atoms with Gasteiger partial charge < -0.3 is 10.1 Å². The van der Waals surface area contributed by atoms with Crippen molar-refractivity contribution in [1.82, 2.24) is 15.5 Å². The van der Waals surface area contributed by atoms with Crippen LogP contribution in [0.15, 0.2) is 30.5 Å². The lowest BCUT2D eigenvalue weighted by atomic mass is 10.0. The van der Waals surface area contributed by atoms with Gasteiger partial charge >= 0.3 is 0 Å². The first-order valence-electron chi connectivity index (χ1n) is 7.39. The number of hydrogen-bond acceptors (Lipinski definition) is 3. The fourth-order valence-electron chi connectivity index (χ4n) is 2.69. The van der Waals surface area contributed by atoms with Crippen LogP contribution in [-0.2, 0) is 11.3 Å². The maximum absolute atomic E-state index is 5.93. The molecular weight excluding hydrogens is 286 g/mol. The van der Waals surface area contributed by atoms with Crippen molar-refractivity contribution in [2.24, 2.45) is 5.92 Å². The van der Waals surface area contributed by atoms with Crippen molar-refractivity contribution in [2.45, 2.75) is 19.4 Å². The molecular formula is C16H20ClN3O. The molecule has 0 saturated carbocycles. The Morgan fingerprint density at radius 1 is 1.33 bits per heavy atom. The molecule has 5 heteroatoms. The SMILES string of the molecule is Clc1ccc(-c2[nH]ncc2CNC[C@H]2CCCOC2)cc1. The molecule has 0 radical (unpaired) electrons. The quantitative estimate of drug-likeness (QED) is 0.891. The Morgan fingerprint density at radius 3 is 2.95 bits per heavy atom. The molecule has 1 aromatic heterocycles. The van der Waals surface area contributed by atoms with E-state index in [-0.39, 0.29) is 0 Å². The van der Waals surface area contributed by atoms with Crippen LogP contribution in [0.1, 0.15) is 18.4 Å². The van der Waals surface area contributed by atoms with Crippen molar-refractivity contribution < 1.29 is 4.74 Å². The van der Waals surface area contributed by atoms with Crippen molar-refractivity contribution >= 4 is 11.6 Å². The van der Waals surface area contributed by atoms with Gasteiger partial charge in [-0.25, -0.2) is 0 Å². The van der Waals surface area contributed by atoms with Gasteiger partial charge in [0.25, 0.3) is 0 Å². The monoisotopic (exact) mass is 305 g/mol. The van der Waals surface area contributed by atoms with Crippen LogP contribution in [0.4, 0.5) is 0 Å². The average Bonchev–Trinajstić information content (AvgIpc) is 2.98. The number of aromatic amines is 1. The largest absolute Gasteiger partial charge is 0.381 e. The van der Waals surface area contributed by atoms with Crippen molar-refractivity contribution in [1.29, 1.82) is 0 Å². The summed E-state index contributed by atoms with van der Waals surface area (Å²) in [6.45, 7) is 3.59. The summed E-state index contributed by atoms with van der Waals surface area (Å²) in [5.41, 5.74) is 3.34. The molecule has 0 aliphatic carbocycles. The van der Waals surface area contributed by atoms with E-state index in [0.717, 1.165) is 42.6 Å². The fraction of sp³-hybridized carbons (Fsp3) is 0.438. The maximum Gasteiger partial charge on any atom is 0.0695 e. The van der Waals surface area contributed by atoms with Gasteiger partial charge in [0.05, 0.1) is 18.5 Å². The van der Waals surface area contributed by atoms with E-state index < -0.39 is 0 Å². The number of aromatic nitrogens is 2. The predicted molar refractivity (Wildman–Crippen MR) is 84.3 cm³/mol. The maximum atomic E-state index is 5.93. The van der Waals surface area contributed by atoms with Crippen LogP contribution in [0, 0.1) is 5.92 Å². The lowest BCUT2D eigenvalue weighted by molar-refractivity contribution is 0.0547. The molecule has 21 heavy (non-hydrogen) atoms. The zero-order chi connectivity index (χ0) is 14.5. The van der Waals surface area contributed by atoms with Crippen LogP contribution < -0.4 is 5.32 Å². The highest BCUT2D eigenvalue weighted by atomic mass is 35.5. The number of hydrogen-bond donors (Lipinski definition) is 2. The summed E-state index contributed by atoms with van der Waals surface area (Å²) in [6, 6.07) is 7.81. The van der Waals surface area contributed by atoms with Crippen LogP contribution >= 0.6 is 11.6 Å². The van der Waals surface area contributed by atoms with E-state index in [1.165, 1.54) is 18.4 Å².